The van der Waals surface area contributed by atoms with Crippen LogP contribution in [0.1, 0.15) is 5.69 Å². The largest absolute Gasteiger partial charge is 0.396 e. The second-order valence-electron chi connectivity index (χ2n) is 3.78. The molecule has 0 spiro atoms. The normalized spacial score (nSPS) is 11.7. The molecule has 0 aliphatic rings. The smallest absolute Gasteiger partial charge is 0.331 e. The minimum Gasteiger partial charge on any atom is -0.396 e. The molecular formula is C10H11FN3O3P. The van der Waals surface area contributed by atoms with Crippen LogP contribution in [-0.2, 0) is 10.7 Å². The lowest BCUT2D eigenvalue weighted by Gasteiger charge is -2.03. The molecule has 96 valence electrons. The number of hydrogen-bond donors (Lipinski definition) is 3. The predicted molar refractivity (Wildman–Crippen MR) is 63.7 cm³/mol. The summed E-state index contributed by atoms with van der Waals surface area (Å²) >= 11 is 0. The maximum absolute atomic E-state index is 13.3. The van der Waals surface area contributed by atoms with Crippen molar-refractivity contribution in [1.29, 1.82) is 0 Å². The van der Waals surface area contributed by atoms with E-state index < -0.39 is 19.6 Å². The van der Waals surface area contributed by atoms with Crippen LogP contribution in [0.25, 0.3) is 5.69 Å². The third-order valence-electron chi connectivity index (χ3n) is 2.26. The maximum atomic E-state index is 13.3. The third-order valence-corrected chi connectivity index (χ3v) is 3.00. The predicted octanol–water partition coefficient (Wildman–Crippen LogP) is 1.27. The van der Waals surface area contributed by atoms with Crippen molar-refractivity contribution in [2.24, 2.45) is 0 Å². The Balaban J connectivity index is 2.29. The average molecular weight is 271 g/mol. The van der Waals surface area contributed by atoms with Crippen molar-refractivity contribution >= 4 is 13.3 Å². The molecule has 0 saturated carbocycles. The molecule has 0 unspecified atom stereocenters. The summed E-state index contributed by atoms with van der Waals surface area (Å²) in [7, 11) is -4.15. The van der Waals surface area contributed by atoms with Crippen molar-refractivity contribution < 1.29 is 18.7 Å². The molecule has 0 bridgehead atoms. The highest BCUT2D eigenvalue weighted by Gasteiger charge is 2.16. The zero-order chi connectivity index (χ0) is 13.3. The summed E-state index contributed by atoms with van der Waals surface area (Å²) in [5.41, 5.74) is 6.04. The molecular weight excluding hydrogens is 260 g/mol. The topological polar surface area (TPSA) is 101 Å². The quantitative estimate of drug-likeness (QED) is 0.576. The van der Waals surface area contributed by atoms with Gasteiger partial charge < -0.3 is 15.5 Å². The van der Waals surface area contributed by atoms with Gasteiger partial charge in [0, 0.05) is 12.3 Å². The number of hydrogen-bond acceptors (Lipinski definition) is 3. The first-order valence-electron chi connectivity index (χ1n) is 5.00. The summed E-state index contributed by atoms with van der Waals surface area (Å²) in [5, 5.41) is 3.95. The Morgan fingerprint density at radius 2 is 2.11 bits per heavy atom. The van der Waals surface area contributed by atoms with Crippen LogP contribution < -0.4 is 5.73 Å². The van der Waals surface area contributed by atoms with Crippen LogP contribution in [0.3, 0.4) is 0 Å². The zero-order valence-corrected chi connectivity index (χ0v) is 10.1. The summed E-state index contributed by atoms with van der Waals surface area (Å²) in [6.45, 7) is 0. The van der Waals surface area contributed by atoms with Crippen LogP contribution >= 0.6 is 7.60 Å². The van der Waals surface area contributed by atoms with Gasteiger partial charge in [0.15, 0.2) is 0 Å². The van der Waals surface area contributed by atoms with Gasteiger partial charge in [-0.3, -0.25) is 4.57 Å². The van der Waals surface area contributed by atoms with Crippen molar-refractivity contribution in [3.8, 4) is 5.69 Å². The minimum atomic E-state index is -4.15. The Kier molecular flexibility index (Phi) is 3.21. The van der Waals surface area contributed by atoms with Gasteiger partial charge in [-0.25, -0.2) is 9.07 Å². The molecule has 6 nitrogen and oxygen atoms in total. The molecule has 1 heterocycles. The van der Waals surface area contributed by atoms with Gasteiger partial charge in [0.05, 0.1) is 23.2 Å². The Hall–Kier alpha value is -1.69. The van der Waals surface area contributed by atoms with Gasteiger partial charge in [0.25, 0.3) is 0 Å². The molecule has 0 aliphatic heterocycles. The summed E-state index contributed by atoms with van der Waals surface area (Å²) in [5.74, 6) is -0.570. The first kappa shape index (κ1) is 12.8. The van der Waals surface area contributed by atoms with Gasteiger partial charge in [0.1, 0.15) is 5.82 Å². The number of benzene rings is 1. The first-order chi connectivity index (χ1) is 8.35. The lowest BCUT2D eigenvalue weighted by molar-refractivity contribution is 0.371. The van der Waals surface area contributed by atoms with Crippen molar-refractivity contribution in [3.05, 3.63) is 42.0 Å². The van der Waals surface area contributed by atoms with Crippen LogP contribution in [0, 0.1) is 5.82 Å². The summed E-state index contributed by atoms with van der Waals surface area (Å²) < 4.78 is 25.4. The van der Waals surface area contributed by atoms with Crippen molar-refractivity contribution in [3.63, 3.8) is 0 Å². The van der Waals surface area contributed by atoms with Gasteiger partial charge in [-0.05, 0) is 18.2 Å². The van der Waals surface area contributed by atoms with Crippen molar-refractivity contribution in [2.75, 3.05) is 5.73 Å². The molecule has 2 aromatic rings. The van der Waals surface area contributed by atoms with E-state index in [0.29, 0.717) is 5.69 Å². The summed E-state index contributed by atoms with van der Waals surface area (Å²) in [6, 6.07) is 5.62. The fourth-order valence-corrected chi connectivity index (χ4v) is 2.05. The number of nitrogen functional groups attached to an aromatic ring is 1. The average Bonchev–Trinajstić information content (AvgIpc) is 2.68. The number of rotatable bonds is 3. The summed E-state index contributed by atoms with van der Waals surface area (Å²) in [4.78, 5) is 17.6. The van der Waals surface area contributed by atoms with Crippen molar-refractivity contribution in [1.82, 2.24) is 9.78 Å². The monoisotopic (exact) mass is 271 g/mol. The first-order valence-corrected chi connectivity index (χ1v) is 6.79. The van der Waals surface area contributed by atoms with Crippen molar-refractivity contribution in [2.45, 2.75) is 6.16 Å². The zero-order valence-electron chi connectivity index (χ0n) is 9.19. The van der Waals surface area contributed by atoms with E-state index in [-0.39, 0.29) is 11.4 Å². The molecule has 18 heavy (non-hydrogen) atoms. The van der Waals surface area contributed by atoms with E-state index in [4.69, 9.17) is 15.5 Å². The molecule has 0 saturated heterocycles. The highest BCUT2D eigenvalue weighted by molar-refractivity contribution is 7.50. The van der Waals surface area contributed by atoms with Gasteiger partial charge in [-0.15, -0.1) is 0 Å². The number of nitrogens with two attached hydrogens (primary N) is 1. The molecule has 8 heteroatoms. The Labute approximate surface area is 102 Å². The van der Waals surface area contributed by atoms with E-state index in [1.54, 1.807) is 6.07 Å². The number of aromatic nitrogens is 2. The standard InChI is InChI=1S/C10H11FN3O3P/c11-9-5-8(1-2-10(9)12)14-4-3-7(13-14)6-18(15,16)17/h1-5H,6,12H2,(H2,15,16,17). The molecule has 0 aliphatic carbocycles. The van der Waals surface area contributed by atoms with E-state index >= 15 is 0 Å². The highest BCUT2D eigenvalue weighted by atomic mass is 31.2. The van der Waals surface area contributed by atoms with Crippen LogP contribution in [-0.4, -0.2) is 19.6 Å². The minimum absolute atomic E-state index is 0.0290. The Bertz CT molecular complexity index is 623. The fourth-order valence-electron chi connectivity index (χ4n) is 1.46. The SMILES string of the molecule is Nc1ccc(-n2ccc(CP(=O)(O)O)n2)cc1F. The van der Waals surface area contributed by atoms with Crippen LogP contribution in [0.4, 0.5) is 10.1 Å². The molecule has 2 rings (SSSR count). The third kappa shape index (κ3) is 2.95. The van der Waals surface area contributed by atoms with Gasteiger partial charge in [-0.2, -0.15) is 5.10 Å². The second kappa shape index (κ2) is 4.53. The number of halogens is 1. The van der Waals surface area contributed by atoms with Crippen LogP contribution in [0.5, 0.6) is 0 Å². The molecule has 1 aromatic heterocycles. The lowest BCUT2D eigenvalue weighted by Crippen LogP contribution is -1.99. The highest BCUT2D eigenvalue weighted by Crippen LogP contribution is 2.38. The maximum Gasteiger partial charge on any atom is 0.331 e. The molecule has 0 fully saturated rings. The Morgan fingerprint density at radius 1 is 1.39 bits per heavy atom. The van der Waals surface area contributed by atoms with E-state index in [2.05, 4.69) is 5.10 Å². The number of anilines is 1. The van der Waals surface area contributed by atoms with E-state index in [1.807, 2.05) is 0 Å². The van der Waals surface area contributed by atoms with Gasteiger partial charge in [-0.1, -0.05) is 0 Å². The number of nitrogens with zero attached hydrogens (tertiary/aromatic N) is 2. The van der Waals surface area contributed by atoms with Crippen LogP contribution in [0.15, 0.2) is 30.5 Å². The second-order valence-corrected chi connectivity index (χ2v) is 5.43. The summed E-state index contributed by atoms with van der Waals surface area (Å²) in [6.07, 6.45) is 1.05. The molecule has 1 aromatic carbocycles. The molecule has 0 amide bonds. The van der Waals surface area contributed by atoms with Gasteiger partial charge in [0.2, 0.25) is 0 Å². The molecule has 0 atom stereocenters. The molecule has 0 radical (unpaired) electrons. The van der Waals surface area contributed by atoms with Gasteiger partial charge >= 0.3 is 7.60 Å². The molecule has 4 N–H and O–H groups in total. The van der Waals surface area contributed by atoms with E-state index in [1.165, 1.54) is 29.1 Å². The van der Waals surface area contributed by atoms with E-state index in [9.17, 15) is 8.96 Å². The van der Waals surface area contributed by atoms with Crippen LogP contribution in [0.2, 0.25) is 0 Å². The Morgan fingerprint density at radius 3 is 2.72 bits per heavy atom. The fraction of sp³-hybridized carbons (Fsp3) is 0.100. The van der Waals surface area contributed by atoms with E-state index in [0.717, 1.165) is 0 Å². The lowest BCUT2D eigenvalue weighted by atomic mass is 10.3.